The first-order valence-corrected chi connectivity index (χ1v) is 8.00. The maximum atomic E-state index is 11.2. The van der Waals surface area contributed by atoms with Gasteiger partial charge in [-0.2, -0.15) is 0 Å². The lowest BCUT2D eigenvalue weighted by Gasteiger charge is -2.05. The van der Waals surface area contributed by atoms with Gasteiger partial charge in [-0.3, -0.25) is 4.79 Å². The lowest BCUT2D eigenvalue weighted by atomic mass is 10.2. The van der Waals surface area contributed by atoms with Crippen molar-refractivity contribution in [1.82, 2.24) is 4.57 Å². The van der Waals surface area contributed by atoms with E-state index in [2.05, 4.69) is 27.2 Å². The van der Waals surface area contributed by atoms with Crippen LogP contribution in [0.4, 0.5) is 0 Å². The number of aromatic nitrogens is 1. The van der Waals surface area contributed by atoms with Gasteiger partial charge in [0.1, 0.15) is 5.75 Å². The number of benzene rings is 1. The number of carbonyl (C=O) groups is 1. The molecule has 0 amide bonds. The molecule has 2 aromatic rings. The van der Waals surface area contributed by atoms with E-state index in [4.69, 9.17) is 4.74 Å². The van der Waals surface area contributed by atoms with Crippen LogP contribution in [0.15, 0.2) is 24.4 Å². The zero-order valence-corrected chi connectivity index (χ0v) is 13.2. The third kappa shape index (κ3) is 3.29. The summed E-state index contributed by atoms with van der Waals surface area (Å²) in [5.74, 6) is 0.790. The second kappa shape index (κ2) is 6.93. The third-order valence-electron chi connectivity index (χ3n) is 3.28. The monoisotopic (exact) mass is 371 g/mol. The fourth-order valence-corrected chi connectivity index (χ4v) is 2.80. The number of hydrogen-bond acceptors (Lipinski definition) is 2. The Kier molecular flexibility index (Phi) is 5.24. The molecule has 0 aliphatic carbocycles. The number of ether oxygens (including phenoxy) is 1. The third-order valence-corrected chi connectivity index (χ3v) is 4.04. The number of aryl methyl sites for hydroxylation is 1. The molecule has 1 aromatic heterocycles. The Hall–Kier alpha value is -1.04. The molecular formula is C15H18INO2. The predicted octanol–water partition coefficient (Wildman–Crippen LogP) is 4.07. The molecule has 2 rings (SSSR count). The number of nitrogens with zero attached hydrogens (tertiary/aromatic N) is 1. The molecule has 0 fully saturated rings. The van der Waals surface area contributed by atoms with Crippen molar-refractivity contribution in [2.24, 2.45) is 0 Å². The zero-order valence-electron chi connectivity index (χ0n) is 11.1. The second-order valence-corrected chi connectivity index (χ2v) is 5.61. The van der Waals surface area contributed by atoms with Crippen LogP contribution < -0.4 is 4.74 Å². The van der Waals surface area contributed by atoms with Crippen molar-refractivity contribution in [3.8, 4) is 5.75 Å². The Bertz CT molecular complexity index is 563. The molecular weight excluding hydrogens is 353 g/mol. The van der Waals surface area contributed by atoms with Crippen molar-refractivity contribution >= 4 is 39.8 Å². The number of hydrogen-bond donors (Lipinski definition) is 0. The molecule has 0 bridgehead atoms. The SMILES string of the molecule is COc1ccc2c(c1)c(C=O)cn2CCCCCI. The first-order valence-electron chi connectivity index (χ1n) is 6.48. The van der Waals surface area contributed by atoms with E-state index in [-0.39, 0.29) is 0 Å². The summed E-state index contributed by atoms with van der Waals surface area (Å²) in [6.07, 6.45) is 6.50. The highest BCUT2D eigenvalue weighted by Crippen LogP contribution is 2.25. The highest BCUT2D eigenvalue weighted by atomic mass is 127. The number of carbonyl (C=O) groups excluding carboxylic acids is 1. The number of alkyl halides is 1. The van der Waals surface area contributed by atoms with Crippen LogP contribution in [0.25, 0.3) is 10.9 Å². The predicted molar refractivity (Wildman–Crippen MR) is 86.6 cm³/mol. The first-order chi connectivity index (χ1) is 9.30. The smallest absolute Gasteiger partial charge is 0.152 e. The fourth-order valence-electron chi connectivity index (χ4n) is 2.26. The molecule has 0 aliphatic heterocycles. The van der Waals surface area contributed by atoms with Gasteiger partial charge in [-0.25, -0.2) is 0 Å². The zero-order chi connectivity index (χ0) is 13.7. The lowest BCUT2D eigenvalue weighted by molar-refractivity contribution is 0.112. The molecule has 1 aromatic carbocycles. The molecule has 0 spiro atoms. The van der Waals surface area contributed by atoms with Gasteiger partial charge in [0.2, 0.25) is 0 Å². The van der Waals surface area contributed by atoms with Gasteiger partial charge < -0.3 is 9.30 Å². The van der Waals surface area contributed by atoms with Gasteiger partial charge in [-0.1, -0.05) is 29.0 Å². The summed E-state index contributed by atoms with van der Waals surface area (Å²) in [5, 5.41) is 0.975. The normalized spacial score (nSPS) is 10.8. The van der Waals surface area contributed by atoms with E-state index >= 15 is 0 Å². The number of fused-ring (bicyclic) bond motifs is 1. The van der Waals surface area contributed by atoms with Crippen molar-refractivity contribution in [2.75, 3.05) is 11.5 Å². The average Bonchev–Trinajstić information content (AvgIpc) is 2.80. The minimum atomic E-state index is 0.739. The molecule has 4 heteroatoms. The highest BCUT2D eigenvalue weighted by Gasteiger charge is 2.08. The van der Waals surface area contributed by atoms with Gasteiger partial charge in [0, 0.05) is 29.2 Å². The summed E-state index contributed by atoms with van der Waals surface area (Å²) < 4.78 is 8.60. The van der Waals surface area contributed by atoms with Crippen molar-refractivity contribution < 1.29 is 9.53 Å². The van der Waals surface area contributed by atoms with E-state index in [1.54, 1.807) is 7.11 Å². The van der Waals surface area contributed by atoms with E-state index in [0.29, 0.717) is 0 Å². The van der Waals surface area contributed by atoms with E-state index in [1.165, 1.54) is 17.3 Å². The quantitative estimate of drug-likeness (QED) is 0.318. The minimum Gasteiger partial charge on any atom is -0.497 e. The van der Waals surface area contributed by atoms with Gasteiger partial charge in [-0.05, 0) is 35.5 Å². The maximum absolute atomic E-state index is 11.2. The lowest BCUT2D eigenvalue weighted by Crippen LogP contribution is -1.96. The summed E-state index contributed by atoms with van der Waals surface area (Å²) in [7, 11) is 1.64. The van der Waals surface area contributed by atoms with Crippen LogP contribution in [0, 0.1) is 0 Å². The number of rotatable bonds is 7. The van der Waals surface area contributed by atoms with Crippen molar-refractivity contribution in [2.45, 2.75) is 25.8 Å². The van der Waals surface area contributed by atoms with Gasteiger partial charge in [0.15, 0.2) is 6.29 Å². The molecule has 0 aliphatic rings. The fraction of sp³-hybridized carbons (Fsp3) is 0.400. The Morgan fingerprint density at radius 2 is 2.16 bits per heavy atom. The maximum Gasteiger partial charge on any atom is 0.152 e. The van der Waals surface area contributed by atoms with E-state index in [0.717, 1.165) is 41.5 Å². The van der Waals surface area contributed by atoms with Crippen LogP contribution in [0.3, 0.4) is 0 Å². The van der Waals surface area contributed by atoms with Crippen LogP contribution in [0.1, 0.15) is 29.6 Å². The molecule has 0 saturated carbocycles. The van der Waals surface area contributed by atoms with E-state index in [1.807, 2.05) is 24.4 Å². The number of halogens is 1. The van der Waals surface area contributed by atoms with Gasteiger partial charge in [0.05, 0.1) is 7.11 Å². The molecule has 19 heavy (non-hydrogen) atoms. The topological polar surface area (TPSA) is 31.2 Å². The number of methoxy groups -OCH3 is 1. The van der Waals surface area contributed by atoms with Crippen LogP contribution in [-0.2, 0) is 6.54 Å². The molecule has 1 heterocycles. The van der Waals surface area contributed by atoms with Crippen molar-refractivity contribution in [3.63, 3.8) is 0 Å². The molecule has 0 radical (unpaired) electrons. The summed E-state index contributed by atoms with van der Waals surface area (Å²) >= 11 is 2.41. The summed E-state index contributed by atoms with van der Waals surface area (Å²) in [5.41, 5.74) is 1.85. The Labute approximate surface area is 127 Å². The summed E-state index contributed by atoms with van der Waals surface area (Å²) in [6.45, 7) is 0.966. The van der Waals surface area contributed by atoms with Crippen LogP contribution in [0.5, 0.6) is 5.75 Å². The Morgan fingerprint density at radius 1 is 1.32 bits per heavy atom. The van der Waals surface area contributed by atoms with E-state index < -0.39 is 0 Å². The highest BCUT2D eigenvalue weighted by molar-refractivity contribution is 14.1. The molecule has 0 N–H and O–H groups in total. The first kappa shape index (κ1) is 14.4. The Balaban J connectivity index is 2.26. The van der Waals surface area contributed by atoms with Gasteiger partial charge >= 0.3 is 0 Å². The summed E-state index contributed by atoms with van der Waals surface area (Å²) in [4.78, 5) is 11.2. The van der Waals surface area contributed by atoms with Crippen molar-refractivity contribution in [3.05, 3.63) is 30.0 Å². The standard InChI is InChI=1S/C15H18INO2/c1-19-13-5-6-15-14(9-13)12(11-18)10-17(15)8-4-2-3-7-16/h5-6,9-11H,2-4,7-8H2,1H3. The van der Waals surface area contributed by atoms with Crippen LogP contribution in [-0.4, -0.2) is 22.4 Å². The number of unbranched alkanes of at least 4 members (excludes halogenated alkanes) is 2. The van der Waals surface area contributed by atoms with Crippen molar-refractivity contribution in [1.29, 1.82) is 0 Å². The minimum absolute atomic E-state index is 0.739. The van der Waals surface area contributed by atoms with Gasteiger partial charge in [-0.15, -0.1) is 0 Å². The second-order valence-electron chi connectivity index (χ2n) is 4.53. The molecule has 0 saturated heterocycles. The largest absolute Gasteiger partial charge is 0.497 e. The molecule has 3 nitrogen and oxygen atoms in total. The Morgan fingerprint density at radius 3 is 2.84 bits per heavy atom. The number of aldehydes is 1. The van der Waals surface area contributed by atoms with E-state index in [9.17, 15) is 4.79 Å². The van der Waals surface area contributed by atoms with Crippen LogP contribution in [0.2, 0.25) is 0 Å². The molecule has 0 atom stereocenters. The molecule has 102 valence electrons. The summed E-state index contributed by atoms with van der Waals surface area (Å²) in [6, 6.07) is 5.90. The molecule has 0 unspecified atom stereocenters. The average molecular weight is 371 g/mol. The van der Waals surface area contributed by atoms with Gasteiger partial charge in [0.25, 0.3) is 0 Å². The van der Waals surface area contributed by atoms with Crippen LogP contribution >= 0.6 is 22.6 Å².